The minimum absolute atomic E-state index is 0.153. The first kappa shape index (κ1) is 11.8. The molecule has 2 heterocycles. The fourth-order valence-electron chi connectivity index (χ4n) is 1.21. The number of oxazole rings is 1. The van der Waals surface area contributed by atoms with E-state index in [2.05, 4.69) is 4.98 Å². The Morgan fingerprint density at radius 1 is 1.53 bits per heavy atom. The third kappa shape index (κ3) is 2.71. The van der Waals surface area contributed by atoms with Crippen LogP contribution in [0.1, 0.15) is 27.6 Å². The van der Waals surface area contributed by atoms with Crippen LogP contribution in [-0.2, 0) is 5.75 Å². The molecule has 0 aliphatic rings. The van der Waals surface area contributed by atoms with Crippen molar-refractivity contribution < 1.29 is 18.7 Å². The Kier molecular flexibility index (Phi) is 3.23. The van der Waals surface area contributed by atoms with Crippen LogP contribution in [0, 0.1) is 13.8 Å². The molecule has 0 aliphatic carbocycles. The lowest BCUT2D eigenvalue weighted by atomic mass is 10.3. The molecule has 0 radical (unpaired) electrons. The van der Waals surface area contributed by atoms with Gasteiger partial charge >= 0.3 is 5.97 Å². The van der Waals surface area contributed by atoms with Crippen LogP contribution in [0.15, 0.2) is 26.4 Å². The van der Waals surface area contributed by atoms with E-state index in [9.17, 15) is 4.79 Å². The normalized spacial score (nSPS) is 10.7. The highest BCUT2D eigenvalue weighted by Crippen LogP contribution is 2.24. The Labute approximate surface area is 102 Å². The molecule has 0 saturated carbocycles. The van der Waals surface area contributed by atoms with Crippen LogP contribution in [-0.4, -0.2) is 16.1 Å². The summed E-state index contributed by atoms with van der Waals surface area (Å²) in [4.78, 5) is 14.8. The molecular formula is C11H11NO4S. The fourth-order valence-corrected chi connectivity index (χ4v) is 2.01. The molecule has 90 valence electrons. The van der Waals surface area contributed by atoms with Crippen LogP contribution in [0.5, 0.6) is 0 Å². The van der Waals surface area contributed by atoms with Gasteiger partial charge < -0.3 is 13.9 Å². The number of carboxylic acid groups (broad SMARTS) is 1. The summed E-state index contributed by atoms with van der Waals surface area (Å²) in [6.45, 7) is 3.72. The Bertz CT molecular complexity index is 524. The van der Waals surface area contributed by atoms with E-state index in [0.29, 0.717) is 16.7 Å². The third-order valence-electron chi connectivity index (χ3n) is 2.25. The minimum atomic E-state index is -0.993. The number of aromatic carboxylic acids is 1. The van der Waals surface area contributed by atoms with E-state index in [0.717, 1.165) is 11.5 Å². The first-order valence-electron chi connectivity index (χ1n) is 4.94. The Balaban J connectivity index is 1.99. The van der Waals surface area contributed by atoms with Crippen molar-refractivity contribution in [2.24, 2.45) is 0 Å². The van der Waals surface area contributed by atoms with Crippen LogP contribution >= 0.6 is 11.8 Å². The summed E-state index contributed by atoms with van der Waals surface area (Å²) in [5.41, 5.74) is 1.01. The van der Waals surface area contributed by atoms with Gasteiger partial charge in [0.15, 0.2) is 0 Å². The number of hydrogen-bond acceptors (Lipinski definition) is 5. The van der Waals surface area contributed by atoms with E-state index in [1.54, 1.807) is 0 Å². The van der Waals surface area contributed by atoms with Crippen molar-refractivity contribution >= 4 is 17.7 Å². The van der Waals surface area contributed by atoms with Gasteiger partial charge in [-0.3, -0.25) is 0 Å². The zero-order chi connectivity index (χ0) is 12.4. The van der Waals surface area contributed by atoms with Gasteiger partial charge in [0, 0.05) is 0 Å². The monoisotopic (exact) mass is 253 g/mol. The van der Waals surface area contributed by atoms with Crippen molar-refractivity contribution in [2.45, 2.75) is 24.8 Å². The first-order valence-corrected chi connectivity index (χ1v) is 5.92. The quantitative estimate of drug-likeness (QED) is 0.844. The molecule has 0 amide bonds. The van der Waals surface area contributed by atoms with E-state index < -0.39 is 5.97 Å². The van der Waals surface area contributed by atoms with Gasteiger partial charge in [0.2, 0.25) is 0 Å². The lowest BCUT2D eigenvalue weighted by Crippen LogP contribution is -1.91. The second-order valence-electron chi connectivity index (χ2n) is 3.52. The van der Waals surface area contributed by atoms with E-state index in [4.69, 9.17) is 13.9 Å². The molecule has 2 aromatic heterocycles. The summed E-state index contributed by atoms with van der Waals surface area (Å²) in [6.07, 6.45) is 1.23. The van der Waals surface area contributed by atoms with Gasteiger partial charge in [0.05, 0.1) is 17.0 Å². The molecule has 0 aliphatic heterocycles. The summed E-state index contributed by atoms with van der Waals surface area (Å²) in [5, 5.41) is 9.29. The second kappa shape index (κ2) is 4.67. The molecule has 0 unspecified atom stereocenters. The average molecular weight is 253 g/mol. The zero-order valence-electron chi connectivity index (χ0n) is 9.39. The van der Waals surface area contributed by atoms with Crippen molar-refractivity contribution in [3.05, 3.63) is 35.1 Å². The Morgan fingerprint density at radius 2 is 2.29 bits per heavy atom. The summed E-state index contributed by atoms with van der Waals surface area (Å²) in [7, 11) is 0. The molecule has 0 bridgehead atoms. The molecule has 17 heavy (non-hydrogen) atoms. The molecule has 0 saturated heterocycles. The molecule has 0 aromatic carbocycles. The summed E-state index contributed by atoms with van der Waals surface area (Å²) < 4.78 is 10.5. The summed E-state index contributed by atoms with van der Waals surface area (Å²) in [5.74, 6) is 0.874. The number of nitrogens with zero attached hydrogens (tertiary/aromatic N) is 1. The van der Waals surface area contributed by atoms with Crippen LogP contribution < -0.4 is 0 Å². The smallest absolute Gasteiger partial charge is 0.338 e. The van der Waals surface area contributed by atoms with Gasteiger partial charge in [-0.15, -0.1) is 0 Å². The average Bonchev–Trinajstić information content (AvgIpc) is 2.84. The summed E-state index contributed by atoms with van der Waals surface area (Å²) >= 11 is 1.37. The molecule has 2 rings (SSSR count). The Hall–Kier alpha value is -1.69. The molecule has 5 nitrogen and oxygen atoms in total. The van der Waals surface area contributed by atoms with Gasteiger partial charge in [-0.05, 0) is 19.9 Å². The molecule has 1 N–H and O–H groups in total. The first-order chi connectivity index (χ1) is 8.06. The highest BCUT2D eigenvalue weighted by molar-refractivity contribution is 7.98. The Morgan fingerprint density at radius 3 is 2.82 bits per heavy atom. The number of thioether (sulfide) groups is 1. The topological polar surface area (TPSA) is 76.5 Å². The maximum absolute atomic E-state index is 10.6. The SMILES string of the molecule is Cc1nc(SCc2cc(C(=O)O)co2)oc1C. The van der Waals surface area contributed by atoms with E-state index in [1.165, 1.54) is 24.1 Å². The number of aromatic nitrogens is 1. The van der Waals surface area contributed by atoms with Crippen LogP contribution in [0.25, 0.3) is 0 Å². The summed E-state index contributed by atoms with van der Waals surface area (Å²) in [6, 6.07) is 1.50. The number of rotatable bonds is 4. The number of carboxylic acids is 1. The fraction of sp³-hybridized carbons (Fsp3) is 0.273. The molecule has 0 spiro atoms. The lowest BCUT2D eigenvalue weighted by Gasteiger charge is -1.91. The van der Waals surface area contributed by atoms with Crippen molar-refractivity contribution in [3.63, 3.8) is 0 Å². The van der Waals surface area contributed by atoms with Gasteiger partial charge in [-0.1, -0.05) is 11.8 Å². The van der Waals surface area contributed by atoms with E-state index in [1.807, 2.05) is 13.8 Å². The molecule has 2 aromatic rings. The van der Waals surface area contributed by atoms with E-state index in [-0.39, 0.29) is 5.56 Å². The maximum Gasteiger partial charge on any atom is 0.338 e. The standard InChI is InChI=1S/C11H11NO4S/c1-6-7(2)16-11(12-6)17-5-9-3-8(4-15-9)10(13)14/h3-4H,5H2,1-2H3,(H,13,14). The zero-order valence-corrected chi connectivity index (χ0v) is 10.2. The van der Waals surface area contributed by atoms with Gasteiger partial charge in [0.25, 0.3) is 5.22 Å². The van der Waals surface area contributed by atoms with E-state index >= 15 is 0 Å². The number of carbonyl (C=O) groups is 1. The van der Waals surface area contributed by atoms with Crippen molar-refractivity contribution in [1.29, 1.82) is 0 Å². The largest absolute Gasteiger partial charge is 0.478 e. The minimum Gasteiger partial charge on any atom is -0.478 e. The molecule has 6 heteroatoms. The van der Waals surface area contributed by atoms with Crippen molar-refractivity contribution in [3.8, 4) is 0 Å². The number of hydrogen-bond donors (Lipinski definition) is 1. The van der Waals surface area contributed by atoms with Crippen LogP contribution in [0.4, 0.5) is 0 Å². The van der Waals surface area contributed by atoms with Crippen LogP contribution in [0.3, 0.4) is 0 Å². The predicted octanol–water partition coefficient (Wildman–Crippen LogP) is 2.87. The predicted molar refractivity (Wildman–Crippen MR) is 61.2 cm³/mol. The lowest BCUT2D eigenvalue weighted by molar-refractivity contribution is 0.0696. The molecule has 0 fully saturated rings. The number of aryl methyl sites for hydroxylation is 2. The highest BCUT2D eigenvalue weighted by Gasteiger charge is 2.11. The highest BCUT2D eigenvalue weighted by atomic mass is 32.2. The van der Waals surface area contributed by atoms with Crippen molar-refractivity contribution in [2.75, 3.05) is 0 Å². The van der Waals surface area contributed by atoms with Gasteiger partial charge in [-0.25, -0.2) is 9.78 Å². The molecular weight excluding hydrogens is 242 g/mol. The maximum atomic E-state index is 10.6. The third-order valence-corrected chi connectivity index (χ3v) is 3.10. The van der Waals surface area contributed by atoms with Gasteiger partial charge in [0.1, 0.15) is 17.8 Å². The van der Waals surface area contributed by atoms with Crippen molar-refractivity contribution in [1.82, 2.24) is 4.98 Å². The van der Waals surface area contributed by atoms with Crippen LogP contribution in [0.2, 0.25) is 0 Å². The van der Waals surface area contributed by atoms with Gasteiger partial charge in [-0.2, -0.15) is 0 Å². The molecule has 0 atom stereocenters. The number of furan rings is 1. The second-order valence-corrected chi connectivity index (χ2v) is 4.44.